The van der Waals surface area contributed by atoms with Gasteiger partial charge in [-0.1, -0.05) is 60.7 Å². The first-order valence-corrected chi connectivity index (χ1v) is 7.50. The van der Waals surface area contributed by atoms with E-state index >= 15 is 0 Å². The fourth-order valence-corrected chi connectivity index (χ4v) is 2.64. The summed E-state index contributed by atoms with van der Waals surface area (Å²) >= 11 is 0. The van der Waals surface area contributed by atoms with E-state index in [0.29, 0.717) is 0 Å². The van der Waals surface area contributed by atoms with Crippen LogP contribution < -0.4 is 0 Å². The third-order valence-electron chi connectivity index (χ3n) is 3.96. The van der Waals surface area contributed by atoms with Crippen molar-refractivity contribution < 1.29 is 27.0 Å². The zero-order chi connectivity index (χ0) is 17.2. The molecule has 24 heavy (non-hydrogen) atoms. The highest BCUT2D eigenvalue weighted by Gasteiger charge is 2.72. The fraction of sp³-hybridized carbons (Fsp3) is 0.333. The van der Waals surface area contributed by atoms with E-state index in [-0.39, 0.29) is 12.2 Å². The van der Waals surface area contributed by atoms with Gasteiger partial charge in [0.2, 0.25) is 0 Å². The highest BCUT2D eigenvalue weighted by atomic mass is 19.3. The Labute approximate surface area is 137 Å². The van der Waals surface area contributed by atoms with Crippen molar-refractivity contribution in [3.63, 3.8) is 0 Å². The minimum atomic E-state index is -4.30. The summed E-state index contributed by atoms with van der Waals surface area (Å²) in [6, 6.07) is 16.2. The Morgan fingerprint density at radius 1 is 0.833 bits per heavy atom. The molecule has 0 amide bonds. The maximum atomic E-state index is 14.1. The van der Waals surface area contributed by atoms with Crippen molar-refractivity contribution in [2.24, 2.45) is 0 Å². The summed E-state index contributed by atoms with van der Waals surface area (Å²) in [7, 11) is 0. The van der Waals surface area contributed by atoms with Gasteiger partial charge in [-0.25, -0.2) is 0 Å². The van der Waals surface area contributed by atoms with E-state index in [0.717, 1.165) is 5.56 Å². The first-order valence-electron chi connectivity index (χ1n) is 7.50. The second-order valence-electron chi connectivity index (χ2n) is 5.66. The Balaban J connectivity index is 1.70. The average Bonchev–Trinajstić information content (AvgIpc) is 2.76. The predicted octanol–water partition coefficient (Wildman–Crippen LogP) is 4.61. The SMILES string of the molecule is FC1(F)[C@H](COCc2ccccc2)O[C@H](c2ccccc2)C1(F)F. The molecular formula is C18H16F4O2. The number of ether oxygens (including phenoxy) is 2. The highest BCUT2D eigenvalue weighted by molar-refractivity contribution is 5.23. The summed E-state index contributed by atoms with van der Waals surface area (Å²) in [5.74, 6) is -8.60. The molecule has 0 unspecified atom stereocenters. The van der Waals surface area contributed by atoms with Gasteiger partial charge in [-0.2, -0.15) is 17.6 Å². The topological polar surface area (TPSA) is 18.5 Å². The van der Waals surface area contributed by atoms with E-state index < -0.39 is 30.7 Å². The van der Waals surface area contributed by atoms with Crippen LogP contribution in [0.1, 0.15) is 17.2 Å². The molecule has 128 valence electrons. The van der Waals surface area contributed by atoms with Crippen molar-refractivity contribution in [1.82, 2.24) is 0 Å². The second kappa shape index (κ2) is 6.53. The van der Waals surface area contributed by atoms with Crippen molar-refractivity contribution in [1.29, 1.82) is 0 Å². The molecular weight excluding hydrogens is 324 g/mol. The maximum absolute atomic E-state index is 14.1. The second-order valence-corrected chi connectivity index (χ2v) is 5.66. The van der Waals surface area contributed by atoms with Gasteiger partial charge >= 0.3 is 11.8 Å². The Kier molecular flexibility index (Phi) is 4.60. The lowest BCUT2D eigenvalue weighted by molar-refractivity contribution is -0.203. The Bertz CT molecular complexity index is 661. The van der Waals surface area contributed by atoms with E-state index in [1.165, 1.54) is 24.3 Å². The highest BCUT2D eigenvalue weighted by Crippen LogP contribution is 2.54. The van der Waals surface area contributed by atoms with E-state index in [1.54, 1.807) is 30.3 Å². The molecule has 1 aliphatic rings. The lowest BCUT2D eigenvalue weighted by Crippen LogP contribution is -2.45. The summed E-state index contributed by atoms with van der Waals surface area (Å²) in [5.41, 5.74) is 0.790. The van der Waals surface area contributed by atoms with Crippen LogP contribution in [0, 0.1) is 0 Å². The van der Waals surface area contributed by atoms with Crippen LogP contribution in [0.2, 0.25) is 0 Å². The van der Waals surface area contributed by atoms with Gasteiger partial charge in [0.05, 0.1) is 13.2 Å². The molecule has 0 aliphatic carbocycles. The molecule has 6 heteroatoms. The van der Waals surface area contributed by atoms with Crippen LogP contribution >= 0.6 is 0 Å². The average molecular weight is 340 g/mol. The van der Waals surface area contributed by atoms with Crippen LogP contribution in [0.4, 0.5) is 17.6 Å². The first kappa shape index (κ1) is 16.9. The van der Waals surface area contributed by atoms with Gasteiger partial charge in [0, 0.05) is 0 Å². The smallest absolute Gasteiger partial charge is 0.342 e. The molecule has 2 nitrogen and oxygen atoms in total. The molecule has 0 aromatic heterocycles. The zero-order valence-corrected chi connectivity index (χ0v) is 12.7. The molecule has 2 aromatic rings. The van der Waals surface area contributed by atoms with Crippen molar-refractivity contribution in [3.8, 4) is 0 Å². The molecule has 1 fully saturated rings. The summed E-state index contributed by atoms with van der Waals surface area (Å²) in [4.78, 5) is 0. The lowest BCUT2D eigenvalue weighted by atomic mass is 10.00. The molecule has 2 aromatic carbocycles. The van der Waals surface area contributed by atoms with E-state index in [2.05, 4.69) is 0 Å². The van der Waals surface area contributed by atoms with Gasteiger partial charge in [-0.15, -0.1) is 0 Å². The number of hydrogen-bond acceptors (Lipinski definition) is 2. The van der Waals surface area contributed by atoms with E-state index in [4.69, 9.17) is 9.47 Å². The third kappa shape index (κ3) is 3.03. The minimum Gasteiger partial charge on any atom is -0.374 e. The van der Waals surface area contributed by atoms with Crippen LogP contribution in [-0.4, -0.2) is 24.6 Å². The van der Waals surface area contributed by atoms with Crippen LogP contribution in [0.5, 0.6) is 0 Å². The van der Waals surface area contributed by atoms with Crippen molar-refractivity contribution in [2.75, 3.05) is 6.61 Å². The molecule has 0 N–H and O–H groups in total. The van der Waals surface area contributed by atoms with E-state index in [1.807, 2.05) is 6.07 Å². The molecule has 1 heterocycles. The molecule has 1 aliphatic heterocycles. The Morgan fingerprint density at radius 3 is 2.04 bits per heavy atom. The van der Waals surface area contributed by atoms with Crippen LogP contribution in [0.3, 0.4) is 0 Å². The molecule has 0 saturated carbocycles. The minimum absolute atomic E-state index is 0.0211. The van der Waals surface area contributed by atoms with Crippen molar-refractivity contribution in [2.45, 2.75) is 30.7 Å². The molecule has 0 radical (unpaired) electrons. The lowest BCUT2D eigenvalue weighted by Gasteiger charge is -2.23. The summed E-state index contributed by atoms with van der Waals surface area (Å²) in [6.45, 7) is -0.556. The fourth-order valence-electron chi connectivity index (χ4n) is 2.64. The Hall–Kier alpha value is -1.92. The van der Waals surface area contributed by atoms with E-state index in [9.17, 15) is 17.6 Å². The third-order valence-corrected chi connectivity index (χ3v) is 3.96. The van der Waals surface area contributed by atoms with Crippen molar-refractivity contribution in [3.05, 3.63) is 71.8 Å². The van der Waals surface area contributed by atoms with Gasteiger partial charge in [0.25, 0.3) is 0 Å². The number of halogens is 4. The molecule has 0 bridgehead atoms. The first-order chi connectivity index (χ1) is 11.4. The van der Waals surface area contributed by atoms with Gasteiger partial charge < -0.3 is 9.47 Å². The van der Waals surface area contributed by atoms with Gasteiger partial charge in [-0.3, -0.25) is 0 Å². The Morgan fingerprint density at radius 2 is 1.42 bits per heavy atom. The number of benzene rings is 2. The number of rotatable bonds is 5. The molecule has 3 rings (SSSR count). The monoisotopic (exact) mass is 340 g/mol. The zero-order valence-electron chi connectivity index (χ0n) is 12.7. The predicted molar refractivity (Wildman–Crippen MR) is 80.0 cm³/mol. The van der Waals surface area contributed by atoms with Gasteiger partial charge in [0.15, 0.2) is 12.2 Å². The summed E-state index contributed by atoms with van der Waals surface area (Å²) in [6.07, 6.45) is -3.99. The van der Waals surface area contributed by atoms with Gasteiger partial charge in [-0.05, 0) is 11.1 Å². The summed E-state index contributed by atoms with van der Waals surface area (Å²) in [5, 5.41) is 0. The molecule has 2 atom stereocenters. The molecule has 0 spiro atoms. The molecule has 1 saturated heterocycles. The van der Waals surface area contributed by atoms with Crippen LogP contribution in [-0.2, 0) is 16.1 Å². The van der Waals surface area contributed by atoms with Gasteiger partial charge in [0.1, 0.15) is 0 Å². The number of hydrogen-bond donors (Lipinski definition) is 0. The number of alkyl halides is 4. The quantitative estimate of drug-likeness (QED) is 0.740. The largest absolute Gasteiger partial charge is 0.374 e. The maximum Gasteiger partial charge on any atom is 0.342 e. The van der Waals surface area contributed by atoms with Crippen LogP contribution in [0.15, 0.2) is 60.7 Å². The van der Waals surface area contributed by atoms with Crippen molar-refractivity contribution >= 4 is 0 Å². The summed E-state index contributed by atoms with van der Waals surface area (Å²) < 4.78 is 66.6. The standard InChI is InChI=1S/C18H16F4O2/c19-17(20)15(12-23-11-13-7-3-1-4-8-13)24-16(18(17,21)22)14-9-5-2-6-10-14/h1-10,15-16H,11-12H2/t15-,16+/m0/s1. The normalized spacial score (nSPS) is 24.8. The van der Waals surface area contributed by atoms with Crippen LogP contribution in [0.25, 0.3) is 0 Å².